The van der Waals surface area contributed by atoms with Gasteiger partial charge in [0.1, 0.15) is 6.04 Å². The largest absolute Gasteiger partial charge is 0.480 e. The van der Waals surface area contributed by atoms with Crippen LogP contribution in [0.2, 0.25) is 0 Å². The number of fused-ring (bicyclic) bond motifs is 1. The third kappa shape index (κ3) is 1.10. The average Bonchev–Trinajstić information content (AvgIpc) is 2.49. The highest BCUT2D eigenvalue weighted by Crippen LogP contribution is 2.14. The number of hydrogen-bond acceptors (Lipinski definition) is 2. The quantitative estimate of drug-likeness (QED) is 0.555. The molecule has 0 amide bonds. The van der Waals surface area contributed by atoms with Crippen LogP contribution in [-0.4, -0.2) is 22.1 Å². The fourth-order valence-corrected chi connectivity index (χ4v) is 1.48. The molecule has 12 heavy (non-hydrogen) atoms. The lowest BCUT2D eigenvalue weighted by Gasteiger charge is -2.19. The van der Waals surface area contributed by atoms with E-state index in [0.717, 1.165) is 11.3 Å². The molecule has 0 saturated heterocycles. The number of carboxylic acids is 1. The Morgan fingerprint density at radius 3 is 3.25 bits per heavy atom. The molecule has 0 bridgehead atoms. The van der Waals surface area contributed by atoms with E-state index in [-0.39, 0.29) is 0 Å². The third-order valence-corrected chi connectivity index (χ3v) is 2.18. The van der Waals surface area contributed by atoms with E-state index in [2.05, 4.69) is 10.3 Å². The summed E-state index contributed by atoms with van der Waals surface area (Å²) in [7, 11) is 0. The zero-order chi connectivity index (χ0) is 8.55. The molecule has 0 unspecified atom stereocenters. The molecule has 0 aromatic carbocycles. The van der Waals surface area contributed by atoms with Gasteiger partial charge in [0, 0.05) is 24.9 Å². The standard InChI is InChI=1S/C8H10N2O2/c11-8(12)6-3-5-1-2-9-7(5)4-10-6/h1-2,6,9-10H,3-4H2,(H,11,12)/t6-/m1/s1. The Labute approximate surface area is 69.6 Å². The molecular formula is C8H10N2O2. The molecule has 2 rings (SSSR count). The maximum absolute atomic E-state index is 10.6. The fourth-order valence-electron chi connectivity index (χ4n) is 1.48. The summed E-state index contributed by atoms with van der Waals surface area (Å²) in [4.78, 5) is 13.7. The normalized spacial score (nSPS) is 21.8. The van der Waals surface area contributed by atoms with Crippen LogP contribution in [0.25, 0.3) is 0 Å². The predicted molar refractivity (Wildman–Crippen MR) is 42.8 cm³/mol. The summed E-state index contributed by atoms with van der Waals surface area (Å²) in [5, 5.41) is 11.7. The van der Waals surface area contributed by atoms with Crippen LogP contribution >= 0.6 is 0 Å². The maximum atomic E-state index is 10.6. The SMILES string of the molecule is O=C(O)[C@H]1Cc2cc[nH]c2CN1. The molecule has 1 aromatic rings. The zero-order valence-corrected chi connectivity index (χ0v) is 6.50. The van der Waals surface area contributed by atoms with Crippen LogP contribution in [0.5, 0.6) is 0 Å². The monoisotopic (exact) mass is 166 g/mol. The van der Waals surface area contributed by atoms with Crippen LogP contribution in [0.15, 0.2) is 12.3 Å². The van der Waals surface area contributed by atoms with Crippen molar-refractivity contribution in [3.8, 4) is 0 Å². The smallest absolute Gasteiger partial charge is 0.321 e. The molecule has 2 heterocycles. The minimum Gasteiger partial charge on any atom is -0.480 e. The second kappa shape index (κ2) is 2.64. The Kier molecular flexibility index (Phi) is 1.62. The summed E-state index contributed by atoms with van der Waals surface area (Å²) in [5.41, 5.74) is 2.22. The van der Waals surface area contributed by atoms with Gasteiger partial charge in [-0.3, -0.25) is 10.1 Å². The van der Waals surface area contributed by atoms with Gasteiger partial charge in [0.05, 0.1) is 0 Å². The lowest BCUT2D eigenvalue weighted by Crippen LogP contribution is -2.41. The highest BCUT2D eigenvalue weighted by molar-refractivity contribution is 5.74. The van der Waals surface area contributed by atoms with Gasteiger partial charge in [-0.05, 0) is 11.6 Å². The first-order valence-electron chi connectivity index (χ1n) is 3.88. The first kappa shape index (κ1) is 7.36. The lowest BCUT2D eigenvalue weighted by atomic mass is 10.0. The molecule has 0 radical (unpaired) electrons. The molecule has 1 aliphatic heterocycles. The molecule has 1 aliphatic rings. The van der Waals surface area contributed by atoms with Gasteiger partial charge in [-0.25, -0.2) is 0 Å². The number of carbonyl (C=O) groups is 1. The van der Waals surface area contributed by atoms with E-state index in [1.165, 1.54) is 0 Å². The molecule has 1 atom stereocenters. The topological polar surface area (TPSA) is 65.1 Å². The number of hydrogen-bond donors (Lipinski definition) is 3. The van der Waals surface area contributed by atoms with E-state index >= 15 is 0 Å². The van der Waals surface area contributed by atoms with Gasteiger partial charge in [0.15, 0.2) is 0 Å². The van der Waals surface area contributed by atoms with Crippen LogP contribution in [0.3, 0.4) is 0 Å². The van der Waals surface area contributed by atoms with Crippen molar-refractivity contribution in [2.75, 3.05) is 0 Å². The number of aromatic amines is 1. The average molecular weight is 166 g/mol. The lowest BCUT2D eigenvalue weighted by molar-refractivity contribution is -0.139. The zero-order valence-electron chi connectivity index (χ0n) is 6.50. The molecule has 0 saturated carbocycles. The van der Waals surface area contributed by atoms with E-state index in [1.54, 1.807) is 0 Å². The maximum Gasteiger partial charge on any atom is 0.321 e. The second-order valence-corrected chi connectivity index (χ2v) is 2.96. The Hall–Kier alpha value is -1.29. The molecule has 1 aromatic heterocycles. The van der Waals surface area contributed by atoms with Crippen molar-refractivity contribution in [1.82, 2.24) is 10.3 Å². The Morgan fingerprint density at radius 2 is 2.50 bits per heavy atom. The van der Waals surface area contributed by atoms with Crippen molar-refractivity contribution in [2.24, 2.45) is 0 Å². The van der Waals surface area contributed by atoms with Crippen molar-refractivity contribution in [3.05, 3.63) is 23.5 Å². The van der Waals surface area contributed by atoms with Crippen LogP contribution in [0.4, 0.5) is 0 Å². The molecule has 4 nitrogen and oxygen atoms in total. The molecule has 4 heteroatoms. The Bertz CT molecular complexity index is 306. The number of H-pyrrole nitrogens is 1. The summed E-state index contributed by atoms with van der Waals surface area (Å²) in [6.45, 7) is 0.624. The van der Waals surface area contributed by atoms with Gasteiger partial charge in [0.25, 0.3) is 0 Å². The number of carboxylic acid groups (broad SMARTS) is 1. The van der Waals surface area contributed by atoms with Crippen LogP contribution in [0, 0.1) is 0 Å². The highest BCUT2D eigenvalue weighted by Gasteiger charge is 2.23. The molecular weight excluding hydrogens is 156 g/mol. The summed E-state index contributed by atoms with van der Waals surface area (Å²) >= 11 is 0. The van der Waals surface area contributed by atoms with Gasteiger partial charge < -0.3 is 10.1 Å². The molecule has 0 spiro atoms. The minimum absolute atomic E-state index is 0.423. The van der Waals surface area contributed by atoms with Crippen LogP contribution in [-0.2, 0) is 17.8 Å². The predicted octanol–water partition coefficient (Wildman–Crippen LogP) is 0.114. The first-order valence-corrected chi connectivity index (χ1v) is 3.88. The van der Waals surface area contributed by atoms with E-state index in [1.807, 2.05) is 12.3 Å². The minimum atomic E-state index is -0.776. The molecule has 0 aliphatic carbocycles. The van der Waals surface area contributed by atoms with E-state index in [0.29, 0.717) is 13.0 Å². The number of aliphatic carboxylic acids is 1. The van der Waals surface area contributed by atoms with Gasteiger partial charge in [-0.1, -0.05) is 0 Å². The Morgan fingerprint density at radius 1 is 1.67 bits per heavy atom. The molecule has 64 valence electrons. The summed E-state index contributed by atoms with van der Waals surface area (Å²) in [6, 6.07) is 1.51. The fraction of sp³-hybridized carbons (Fsp3) is 0.375. The first-order chi connectivity index (χ1) is 5.77. The van der Waals surface area contributed by atoms with E-state index in [4.69, 9.17) is 5.11 Å². The van der Waals surface area contributed by atoms with Gasteiger partial charge in [-0.2, -0.15) is 0 Å². The van der Waals surface area contributed by atoms with E-state index in [9.17, 15) is 4.79 Å². The summed E-state index contributed by atoms with van der Waals surface area (Å²) in [6.07, 6.45) is 2.42. The summed E-state index contributed by atoms with van der Waals surface area (Å²) in [5.74, 6) is -0.776. The van der Waals surface area contributed by atoms with Crippen molar-refractivity contribution >= 4 is 5.97 Å². The second-order valence-electron chi connectivity index (χ2n) is 2.96. The van der Waals surface area contributed by atoms with Crippen molar-refractivity contribution in [2.45, 2.75) is 19.0 Å². The number of aromatic nitrogens is 1. The summed E-state index contributed by atoms with van der Waals surface area (Å²) < 4.78 is 0. The van der Waals surface area contributed by atoms with Gasteiger partial charge >= 0.3 is 5.97 Å². The van der Waals surface area contributed by atoms with Crippen LogP contribution < -0.4 is 5.32 Å². The van der Waals surface area contributed by atoms with E-state index < -0.39 is 12.0 Å². The third-order valence-electron chi connectivity index (χ3n) is 2.18. The number of nitrogens with one attached hydrogen (secondary N) is 2. The molecule has 0 fully saturated rings. The molecule has 3 N–H and O–H groups in total. The highest BCUT2D eigenvalue weighted by atomic mass is 16.4. The van der Waals surface area contributed by atoms with Crippen molar-refractivity contribution < 1.29 is 9.90 Å². The van der Waals surface area contributed by atoms with Crippen molar-refractivity contribution in [3.63, 3.8) is 0 Å². The Balaban J connectivity index is 2.20. The van der Waals surface area contributed by atoms with Gasteiger partial charge in [0.2, 0.25) is 0 Å². The van der Waals surface area contributed by atoms with Crippen molar-refractivity contribution in [1.29, 1.82) is 0 Å². The van der Waals surface area contributed by atoms with Gasteiger partial charge in [-0.15, -0.1) is 0 Å². The van der Waals surface area contributed by atoms with Crippen LogP contribution in [0.1, 0.15) is 11.3 Å². The number of rotatable bonds is 1.